The van der Waals surface area contributed by atoms with E-state index in [0.29, 0.717) is 34.2 Å². The second kappa shape index (κ2) is 8.28. The highest BCUT2D eigenvalue weighted by atomic mass is 127. The van der Waals surface area contributed by atoms with Gasteiger partial charge in [0.05, 0.1) is 5.56 Å². The van der Waals surface area contributed by atoms with Gasteiger partial charge in [-0.2, -0.15) is 0 Å². The molecule has 0 unspecified atom stereocenters. The van der Waals surface area contributed by atoms with Crippen LogP contribution < -0.4 is 5.32 Å². The van der Waals surface area contributed by atoms with Crippen molar-refractivity contribution in [2.45, 2.75) is 19.8 Å². The molecular weight excluding hydrogens is 543 g/mol. The van der Waals surface area contributed by atoms with Gasteiger partial charge in [0.25, 0.3) is 5.91 Å². The lowest BCUT2D eigenvalue weighted by Crippen LogP contribution is -2.11. The van der Waals surface area contributed by atoms with E-state index < -0.39 is 0 Å². The Kier molecular flexibility index (Phi) is 5.74. The molecule has 0 atom stereocenters. The van der Waals surface area contributed by atoms with Gasteiger partial charge in [-0.1, -0.05) is 26.0 Å². The number of oxazole rings is 1. The SMILES string of the molecule is CC(C)c1ccc(C(=O)Nc2ccc3oc(-c4cc(I)ccc4Br)nc3c2)cc1. The average Bonchev–Trinajstić information content (AvgIpc) is 3.13. The molecule has 6 heteroatoms. The number of carbonyl (C=O) groups is 1. The fourth-order valence-corrected chi connectivity index (χ4v) is 3.91. The van der Waals surface area contributed by atoms with Gasteiger partial charge in [0.15, 0.2) is 5.58 Å². The Bertz CT molecular complexity index is 1200. The van der Waals surface area contributed by atoms with Crippen LogP contribution in [0.4, 0.5) is 5.69 Å². The standard InChI is InChI=1S/C23H18BrIN2O2/c1-13(2)14-3-5-15(6-4-14)22(28)26-17-8-10-21-20(12-17)27-23(29-21)18-11-16(25)7-9-19(18)24/h3-13H,1-2H3,(H,26,28). The van der Waals surface area contributed by atoms with E-state index in [9.17, 15) is 4.79 Å². The Morgan fingerprint density at radius 2 is 1.83 bits per heavy atom. The zero-order valence-electron chi connectivity index (χ0n) is 15.9. The quantitative estimate of drug-likeness (QED) is 0.268. The minimum atomic E-state index is -0.149. The molecule has 0 fully saturated rings. The molecule has 0 aliphatic rings. The number of anilines is 1. The summed E-state index contributed by atoms with van der Waals surface area (Å²) in [5.74, 6) is 0.825. The first-order chi connectivity index (χ1) is 13.9. The highest BCUT2D eigenvalue weighted by Crippen LogP contribution is 2.32. The number of carbonyl (C=O) groups excluding carboxylic acids is 1. The number of aromatic nitrogens is 1. The van der Waals surface area contributed by atoms with Crippen molar-refractivity contribution in [2.75, 3.05) is 5.32 Å². The monoisotopic (exact) mass is 560 g/mol. The van der Waals surface area contributed by atoms with Crippen molar-refractivity contribution in [1.29, 1.82) is 0 Å². The lowest BCUT2D eigenvalue weighted by atomic mass is 10.0. The summed E-state index contributed by atoms with van der Waals surface area (Å²) in [6, 6.07) is 19.2. The smallest absolute Gasteiger partial charge is 0.255 e. The zero-order valence-corrected chi connectivity index (χ0v) is 19.6. The first-order valence-corrected chi connectivity index (χ1v) is 11.1. The van der Waals surface area contributed by atoms with Gasteiger partial charge in [-0.25, -0.2) is 4.98 Å². The molecule has 29 heavy (non-hydrogen) atoms. The van der Waals surface area contributed by atoms with Crippen LogP contribution in [-0.4, -0.2) is 10.9 Å². The maximum absolute atomic E-state index is 12.6. The summed E-state index contributed by atoms with van der Waals surface area (Å²) in [5.41, 5.74) is 4.77. The normalized spacial score (nSPS) is 11.2. The summed E-state index contributed by atoms with van der Waals surface area (Å²) in [5, 5.41) is 2.94. The van der Waals surface area contributed by atoms with Crippen molar-refractivity contribution in [1.82, 2.24) is 4.98 Å². The van der Waals surface area contributed by atoms with E-state index >= 15 is 0 Å². The Hall–Kier alpha value is -2.19. The molecule has 4 nitrogen and oxygen atoms in total. The molecule has 0 aliphatic heterocycles. The van der Waals surface area contributed by atoms with Gasteiger partial charge in [-0.15, -0.1) is 0 Å². The van der Waals surface area contributed by atoms with Crippen LogP contribution in [0.25, 0.3) is 22.6 Å². The van der Waals surface area contributed by atoms with Crippen LogP contribution in [0.1, 0.15) is 35.7 Å². The summed E-state index contributed by atoms with van der Waals surface area (Å²) in [6.07, 6.45) is 0. The summed E-state index contributed by atoms with van der Waals surface area (Å²) < 4.78 is 7.93. The van der Waals surface area contributed by atoms with Gasteiger partial charge in [0.2, 0.25) is 5.89 Å². The molecule has 0 radical (unpaired) electrons. The largest absolute Gasteiger partial charge is 0.436 e. The van der Waals surface area contributed by atoms with Crippen LogP contribution >= 0.6 is 38.5 Å². The first-order valence-electron chi connectivity index (χ1n) is 9.18. The van der Waals surface area contributed by atoms with Crippen molar-refractivity contribution in [3.8, 4) is 11.5 Å². The molecule has 0 saturated heterocycles. The fraction of sp³-hybridized carbons (Fsp3) is 0.130. The Morgan fingerprint density at radius 1 is 1.07 bits per heavy atom. The molecule has 146 valence electrons. The van der Waals surface area contributed by atoms with Crippen molar-refractivity contribution in [3.63, 3.8) is 0 Å². The van der Waals surface area contributed by atoms with E-state index in [1.807, 2.05) is 60.7 Å². The molecule has 4 aromatic rings. The summed E-state index contributed by atoms with van der Waals surface area (Å²) in [6.45, 7) is 4.26. The molecule has 3 aromatic carbocycles. The summed E-state index contributed by atoms with van der Waals surface area (Å²) in [4.78, 5) is 17.2. The zero-order chi connectivity index (χ0) is 20.5. The van der Waals surface area contributed by atoms with Crippen LogP contribution in [0.3, 0.4) is 0 Å². The van der Waals surface area contributed by atoms with Crippen molar-refractivity contribution in [2.24, 2.45) is 0 Å². The summed E-state index contributed by atoms with van der Waals surface area (Å²) in [7, 11) is 0. The predicted molar refractivity (Wildman–Crippen MR) is 128 cm³/mol. The van der Waals surface area contributed by atoms with E-state index in [1.165, 1.54) is 5.56 Å². The van der Waals surface area contributed by atoms with Crippen LogP contribution in [0.2, 0.25) is 0 Å². The van der Waals surface area contributed by atoms with Crippen molar-refractivity contribution < 1.29 is 9.21 Å². The van der Waals surface area contributed by atoms with Crippen LogP contribution in [-0.2, 0) is 0 Å². The van der Waals surface area contributed by atoms with Gasteiger partial charge in [-0.3, -0.25) is 4.79 Å². The number of hydrogen-bond acceptors (Lipinski definition) is 3. The highest BCUT2D eigenvalue weighted by molar-refractivity contribution is 14.1. The Balaban J connectivity index is 1.59. The third-order valence-corrected chi connectivity index (χ3v) is 6.01. The summed E-state index contributed by atoms with van der Waals surface area (Å²) >= 11 is 5.81. The number of hydrogen-bond donors (Lipinski definition) is 1. The molecular formula is C23H18BrIN2O2. The highest BCUT2D eigenvalue weighted by Gasteiger charge is 2.13. The molecule has 1 N–H and O–H groups in total. The number of nitrogens with one attached hydrogen (secondary N) is 1. The van der Waals surface area contributed by atoms with Gasteiger partial charge >= 0.3 is 0 Å². The Labute approximate surface area is 191 Å². The number of halogens is 2. The Morgan fingerprint density at radius 3 is 2.55 bits per heavy atom. The van der Waals surface area contributed by atoms with E-state index in [4.69, 9.17) is 4.42 Å². The third-order valence-electron chi connectivity index (χ3n) is 4.64. The maximum Gasteiger partial charge on any atom is 0.255 e. The van der Waals surface area contributed by atoms with Crippen LogP contribution in [0, 0.1) is 3.57 Å². The molecule has 0 saturated carbocycles. The second-order valence-electron chi connectivity index (χ2n) is 7.06. The lowest BCUT2D eigenvalue weighted by Gasteiger charge is -2.08. The topological polar surface area (TPSA) is 55.1 Å². The molecule has 0 spiro atoms. The lowest BCUT2D eigenvalue weighted by molar-refractivity contribution is 0.102. The minimum absolute atomic E-state index is 0.149. The minimum Gasteiger partial charge on any atom is -0.436 e. The fourth-order valence-electron chi connectivity index (χ4n) is 3.00. The molecule has 1 amide bonds. The third kappa shape index (κ3) is 4.38. The maximum atomic E-state index is 12.6. The molecule has 1 aromatic heterocycles. The van der Waals surface area contributed by atoms with Gasteiger partial charge in [0, 0.05) is 19.3 Å². The predicted octanol–water partition coefficient (Wildman–Crippen LogP) is 7.24. The van der Waals surface area contributed by atoms with Crippen molar-refractivity contribution >= 4 is 61.2 Å². The average molecular weight is 561 g/mol. The van der Waals surface area contributed by atoms with E-state index in [-0.39, 0.29) is 5.91 Å². The van der Waals surface area contributed by atoms with Crippen molar-refractivity contribution in [3.05, 3.63) is 79.8 Å². The number of nitrogens with zero attached hydrogens (tertiary/aromatic N) is 1. The van der Waals surface area contributed by atoms with E-state index in [0.717, 1.165) is 13.6 Å². The van der Waals surface area contributed by atoms with E-state index in [1.54, 1.807) is 0 Å². The second-order valence-corrected chi connectivity index (χ2v) is 9.16. The number of benzene rings is 3. The van der Waals surface area contributed by atoms with E-state index in [2.05, 4.69) is 62.7 Å². The molecule has 1 heterocycles. The molecule has 4 rings (SSSR count). The molecule has 0 bridgehead atoms. The molecule has 0 aliphatic carbocycles. The number of rotatable bonds is 4. The van der Waals surface area contributed by atoms with Gasteiger partial charge in [0.1, 0.15) is 5.52 Å². The first kappa shape index (κ1) is 20.1. The van der Waals surface area contributed by atoms with Gasteiger partial charge < -0.3 is 9.73 Å². The number of fused-ring (bicyclic) bond motifs is 1. The van der Waals surface area contributed by atoms with Gasteiger partial charge in [-0.05, 0) is 98.5 Å². The van der Waals surface area contributed by atoms with Crippen LogP contribution in [0.15, 0.2) is 69.6 Å². The number of amides is 1. The van der Waals surface area contributed by atoms with Crippen LogP contribution in [0.5, 0.6) is 0 Å².